The van der Waals surface area contributed by atoms with E-state index in [2.05, 4.69) is 15.6 Å². The van der Waals surface area contributed by atoms with Crippen LogP contribution in [0.1, 0.15) is 36.1 Å². The Bertz CT molecular complexity index is 1170. The normalized spacial score (nSPS) is 20.0. The standard InChI is InChI=1S/C23H24F4N6O/c1-12-18-7-16(24)3-4-17(18)20(29)14(9-31-2)5-13(8-28)21(33-11-23(25,26)27)15-6-19(34-12)22(30)32-10-15/h3-4,6-10,12,28-29,31,33H,5,11H2,1-2H3,(H2,30,32)/b14-9-,21-13-,28-8?,29-20?. The van der Waals surface area contributed by atoms with Gasteiger partial charge in [0.1, 0.15) is 18.5 Å². The lowest BCUT2D eigenvalue weighted by Crippen LogP contribution is -2.29. The highest BCUT2D eigenvalue weighted by molar-refractivity contribution is 6.12. The Morgan fingerprint density at radius 3 is 2.68 bits per heavy atom. The van der Waals surface area contributed by atoms with E-state index in [1.165, 1.54) is 36.7 Å². The number of fused-ring (bicyclic) bond motifs is 3. The molecule has 1 atom stereocenters. The number of nitrogens with one attached hydrogen (secondary N) is 4. The number of allylic oxidation sites excluding steroid dienone is 2. The van der Waals surface area contributed by atoms with Gasteiger partial charge in [0.25, 0.3) is 0 Å². The summed E-state index contributed by atoms with van der Waals surface area (Å²) in [6.45, 7) is 0.299. The van der Waals surface area contributed by atoms with Crippen LogP contribution in [-0.2, 0) is 0 Å². The first-order chi connectivity index (χ1) is 16.0. The predicted octanol–water partition coefficient (Wildman–Crippen LogP) is 4.33. The van der Waals surface area contributed by atoms with Crippen LogP contribution >= 0.6 is 0 Å². The zero-order valence-electron chi connectivity index (χ0n) is 18.5. The summed E-state index contributed by atoms with van der Waals surface area (Å²) in [6.07, 6.45) is -1.62. The van der Waals surface area contributed by atoms with E-state index < -0.39 is 24.6 Å². The van der Waals surface area contributed by atoms with Crippen LogP contribution in [0.2, 0.25) is 0 Å². The summed E-state index contributed by atoms with van der Waals surface area (Å²) in [5, 5.41) is 21.9. The molecule has 0 aliphatic carbocycles. The van der Waals surface area contributed by atoms with Crippen molar-refractivity contribution < 1.29 is 22.3 Å². The molecule has 3 rings (SSSR count). The molecule has 1 aliphatic heterocycles. The molecule has 180 valence electrons. The fourth-order valence-electron chi connectivity index (χ4n) is 3.60. The molecule has 6 N–H and O–H groups in total. The molecule has 2 aromatic rings. The first-order valence-electron chi connectivity index (χ1n) is 10.3. The second kappa shape index (κ2) is 9.94. The van der Waals surface area contributed by atoms with E-state index in [1.807, 2.05) is 0 Å². The lowest BCUT2D eigenvalue weighted by atomic mass is 9.90. The molecule has 2 bridgehead atoms. The van der Waals surface area contributed by atoms with Gasteiger partial charge in [0, 0.05) is 54.5 Å². The van der Waals surface area contributed by atoms with Crippen molar-refractivity contribution in [3.8, 4) is 5.75 Å². The van der Waals surface area contributed by atoms with Gasteiger partial charge in [-0.25, -0.2) is 9.37 Å². The molecule has 11 heteroatoms. The number of alkyl halides is 3. The Morgan fingerprint density at radius 1 is 1.29 bits per heavy atom. The third-order valence-electron chi connectivity index (χ3n) is 5.18. The molecule has 34 heavy (non-hydrogen) atoms. The van der Waals surface area contributed by atoms with Crippen molar-refractivity contribution in [3.63, 3.8) is 0 Å². The molecule has 1 aliphatic rings. The average Bonchev–Trinajstić information content (AvgIpc) is 2.77. The number of hydrogen-bond donors (Lipinski definition) is 5. The minimum absolute atomic E-state index is 0.00431. The number of aromatic nitrogens is 1. The van der Waals surface area contributed by atoms with Crippen molar-refractivity contribution in [2.45, 2.75) is 25.6 Å². The quantitative estimate of drug-likeness (QED) is 0.332. The maximum absolute atomic E-state index is 14.1. The Balaban J connectivity index is 2.28. The molecule has 1 aromatic heterocycles. The molecule has 7 nitrogen and oxygen atoms in total. The number of ether oxygens (including phenoxy) is 1. The Morgan fingerprint density at radius 2 is 2.03 bits per heavy atom. The summed E-state index contributed by atoms with van der Waals surface area (Å²) in [5.74, 6) is -0.455. The molecule has 2 heterocycles. The smallest absolute Gasteiger partial charge is 0.405 e. The summed E-state index contributed by atoms with van der Waals surface area (Å²) in [7, 11) is 1.61. The highest BCUT2D eigenvalue weighted by Gasteiger charge is 2.29. The molecule has 0 spiro atoms. The first kappa shape index (κ1) is 24.7. The summed E-state index contributed by atoms with van der Waals surface area (Å²) in [6, 6.07) is 5.34. The average molecular weight is 476 g/mol. The molecule has 1 aromatic carbocycles. The maximum atomic E-state index is 14.1. The molecular weight excluding hydrogens is 452 g/mol. The molecule has 1 unspecified atom stereocenters. The number of halogens is 4. The van der Waals surface area contributed by atoms with Crippen LogP contribution in [0.5, 0.6) is 5.75 Å². The van der Waals surface area contributed by atoms with Gasteiger partial charge < -0.3 is 26.5 Å². The van der Waals surface area contributed by atoms with Gasteiger partial charge in [-0.3, -0.25) is 5.41 Å². The SMILES string of the molecule is CN/C=C1/C/C(C=N)=C(/NCC(F)(F)F)c2cnc(N)c(c2)OC(C)c2cc(F)ccc2C1=N. The van der Waals surface area contributed by atoms with Gasteiger partial charge in [0.05, 0.1) is 5.71 Å². The van der Waals surface area contributed by atoms with Crippen molar-refractivity contribution in [2.75, 3.05) is 19.3 Å². The lowest BCUT2D eigenvalue weighted by molar-refractivity contribution is -0.122. The van der Waals surface area contributed by atoms with E-state index in [-0.39, 0.29) is 40.5 Å². The third-order valence-corrected chi connectivity index (χ3v) is 5.18. The highest BCUT2D eigenvalue weighted by Crippen LogP contribution is 2.34. The van der Waals surface area contributed by atoms with Crippen LogP contribution in [0, 0.1) is 16.6 Å². The first-order valence-corrected chi connectivity index (χ1v) is 10.3. The van der Waals surface area contributed by atoms with E-state index in [0.717, 1.165) is 6.21 Å². The maximum Gasteiger partial charge on any atom is 0.405 e. The van der Waals surface area contributed by atoms with Crippen LogP contribution in [0.15, 0.2) is 47.8 Å². The number of benzene rings is 1. The van der Waals surface area contributed by atoms with E-state index in [1.54, 1.807) is 14.0 Å². The van der Waals surface area contributed by atoms with Crippen molar-refractivity contribution >= 4 is 23.4 Å². The van der Waals surface area contributed by atoms with Gasteiger partial charge in [0.2, 0.25) is 0 Å². The molecule has 0 saturated heterocycles. The fourth-order valence-corrected chi connectivity index (χ4v) is 3.60. The van der Waals surface area contributed by atoms with E-state index >= 15 is 0 Å². The second-order valence-corrected chi connectivity index (χ2v) is 7.62. The van der Waals surface area contributed by atoms with Crippen LogP contribution in [0.25, 0.3) is 5.70 Å². The van der Waals surface area contributed by atoms with Gasteiger partial charge in [-0.15, -0.1) is 0 Å². The largest absolute Gasteiger partial charge is 0.482 e. The molecule has 0 saturated carbocycles. The third kappa shape index (κ3) is 5.53. The van der Waals surface area contributed by atoms with Gasteiger partial charge in [0.15, 0.2) is 11.6 Å². The zero-order valence-corrected chi connectivity index (χ0v) is 18.5. The van der Waals surface area contributed by atoms with Crippen LogP contribution in [0.3, 0.4) is 0 Å². The topological polar surface area (TPSA) is 120 Å². The second-order valence-electron chi connectivity index (χ2n) is 7.62. The summed E-state index contributed by atoms with van der Waals surface area (Å²) in [4.78, 5) is 4.05. The monoisotopic (exact) mass is 476 g/mol. The number of rotatable bonds is 4. The summed E-state index contributed by atoms with van der Waals surface area (Å²) >= 11 is 0. The number of nitrogen functional groups attached to an aromatic ring is 1. The van der Waals surface area contributed by atoms with E-state index in [4.69, 9.17) is 21.3 Å². The zero-order chi connectivity index (χ0) is 25.0. The number of anilines is 1. The van der Waals surface area contributed by atoms with E-state index in [9.17, 15) is 17.6 Å². The lowest BCUT2D eigenvalue weighted by Gasteiger charge is -2.24. The van der Waals surface area contributed by atoms with Crippen LogP contribution < -0.4 is 21.1 Å². The van der Waals surface area contributed by atoms with Crippen LogP contribution in [-0.4, -0.2) is 36.7 Å². The molecule has 0 radical (unpaired) electrons. The van der Waals surface area contributed by atoms with Gasteiger partial charge in [-0.05, 0) is 42.3 Å². The molecule has 0 fully saturated rings. The molecular formula is C23H24F4N6O. The van der Waals surface area contributed by atoms with Crippen molar-refractivity contribution in [3.05, 3.63) is 70.3 Å². The number of hydrogen-bond acceptors (Lipinski definition) is 7. The Labute approximate surface area is 193 Å². The Kier molecular flexibility index (Phi) is 7.23. The number of nitrogens with two attached hydrogens (primary N) is 1. The van der Waals surface area contributed by atoms with Gasteiger partial charge in [-0.2, -0.15) is 13.2 Å². The minimum atomic E-state index is -4.52. The Hall–Kier alpha value is -3.89. The summed E-state index contributed by atoms with van der Waals surface area (Å²) in [5.41, 5.74) is 7.46. The van der Waals surface area contributed by atoms with E-state index in [0.29, 0.717) is 16.7 Å². The minimum Gasteiger partial charge on any atom is -0.482 e. The predicted molar refractivity (Wildman–Crippen MR) is 122 cm³/mol. The number of pyridine rings is 1. The van der Waals surface area contributed by atoms with Crippen molar-refractivity contribution in [2.24, 2.45) is 0 Å². The summed E-state index contributed by atoms with van der Waals surface area (Å²) < 4.78 is 59.2. The van der Waals surface area contributed by atoms with Crippen LogP contribution in [0.4, 0.5) is 23.4 Å². The highest BCUT2D eigenvalue weighted by atomic mass is 19.4. The number of nitrogens with zero attached hydrogens (tertiary/aromatic N) is 1. The fraction of sp³-hybridized carbons (Fsp3) is 0.261. The molecule has 0 amide bonds. The van der Waals surface area contributed by atoms with Gasteiger partial charge in [-0.1, -0.05) is 0 Å². The van der Waals surface area contributed by atoms with Crippen molar-refractivity contribution in [1.29, 1.82) is 10.8 Å². The van der Waals surface area contributed by atoms with Crippen molar-refractivity contribution in [1.82, 2.24) is 15.6 Å². The van der Waals surface area contributed by atoms with Gasteiger partial charge >= 0.3 is 6.18 Å².